The van der Waals surface area contributed by atoms with Crippen molar-refractivity contribution >= 4 is 52.4 Å². The Kier molecular flexibility index (Phi) is 6.83. The monoisotopic (exact) mass is 536 g/mol. The predicted molar refractivity (Wildman–Crippen MR) is 150 cm³/mol. The first-order chi connectivity index (χ1) is 17.6. The minimum absolute atomic E-state index is 0.0124. The van der Waals surface area contributed by atoms with Crippen molar-refractivity contribution in [3.05, 3.63) is 84.8 Å². The molecular formula is C28H27BCl2N2O4. The van der Waals surface area contributed by atoms with Crippen LogP contribution in [0.4, 0.5) is 5.69 Å². The maximum absolute atomic E-state index is 13.2. The van der Waals surface area contributed by atoms with Gasteiger partial charge < -0.3 is 19.4 Å². The molecule has 1 unspecified atom stereocenters. The topological polar surface area (TPSA) is 84.6 Å². The van der Waals surface area contributed by atoms with Gasteiger partial charge in [-0.15, -0.1) is 0 Å². The van der Waals surface area contributed by atoms with E-state index in [0.29, 0.717) is 61.5 Å². The van der Waals surface area contributed by atoms with Crippen molar-refractivity contribution in [2.45, 2.75) is 53.2 Å². The van der Waals surface area contributed by atoms with E-state index in [1.807, 2.05) is 65.0 Å². The highest BCUT2D eigenvalue weighted by Gasteiger charge is 2.32. The second-order valence-electron chi connectivity index (χ2n) is 9.87. The fourth-order valence-electron chi connectivity index (χ4n) is 4.99. The van der Waals surface area contributed by atoms with E-state index in [2.05, 4.69) is 10.3 Å². The SMILES string of the molecule is Cc1cc(C(C)Nc2ccc(Cl)nc2-c2ccc3c(c2Cl)B(O)OC3)c2oc(C(C)C)c(C)c(=O)c2c1. The molecule has 0 amide bonds. The van der Waals surface area contributed by atoms with E-state index in [-0.39, 0.29) is 17.4 Å². The number of halogens is 2. The molecule has 6 nitrogen and oxygen atoms in total. The number of pyridine rings is 1. The molecule has 2 aromatic heterocycles. The average Bonchev–Trinajstić information content (AvgIpc) is 3.23. The molecule has 0 radical (unpaired) electrons. The van der Waals surface area contributed by atoms with Crippen LogP contribution in [0.1, 0.15) is 60.7 Å². The van der Waals surface area contributed by atoms with Gasteiger partial charge in [-0.1, -0.05) is 55.2 Å². The van der Waals surface area contributed by atoms with Crippen LogP contribution in [0.15, 0.2) is 45.6 Å². The molecule has 0 saturated carbocycles. The lowest BCUT2D eigenvalue weighted by Gasteiger charge is -2.21. The van der Waals surface area contributed by atoms with Gasteiger partial charge in [-0.3, -0.25) is 4.79 Å². The van der Waals surface area contributed by atoms with Gasteiger partial charge in [0.15, 0.2) is 5.43 Å². The largest absolute Gasteiger partial charge is 0.493 e. The van der Waals surface area contributed by atoms with Gasteiger partial charge in [0.2, 0.25) is 0 Å². The summed E-state index contributed by atoms with van der Waals surface area (Å²) in [5.74, 6) is 0.761. The highest BCUT2D eigenvalue weighted by atomic mass is 35.5. The summed E-state index contributed by atoms with van der Waals surface area (Å²) < 4.78 is 11.7. The van der Waals surface area contributed by atoms with E-state index < -0.39 is 7.12 Å². The Morgan fingerprint density at radius 2 is 1.86 bits per heavy atom. The Morgan fingerprint density at radius 1 is 1.11 bits per heavy atom. The van der Waals surface area contributed by atoms with Crippen LogP contribution in [-0.4, -0.2) is 17.1 Å². The molecule has 3 heterocycles. The highest BCUT2D eigenvalue weighted by Crippen LogP contribution is 2.37. The third kappa shape index (κ3) is 4.55. The van der Waals surface area contributed by atoms with E-state index >= 15 is 0 Å². The quantitative estimate of drug-likeness (QED) is 0.230. The van der Waals surface area contributed by atoms with Crippen molar-refractivity contribution in [2.24, 2.45) is 0 Å². The van der Waals surface area contributed by atoms with Crippen LogP contribution in [0.2, 0.25) is 10.2 Å². The summed E-state index contributed by atoms with van der Waals surface area (Å²) >= 11 is 13.0. The zero-order valence-corrected chi connectivity index (χ0v) is 22.8. The zero-order chi connectivity index (χ0) is 26.6. The van der Waals surface area contributed by atoms with Gasteiger partial charge >= 0.3 is 7.12 Å². The molecule has 1 aliphatic heterocycles. The van der Waals surface area contributed by atoms with Crippen molar-refractivity contribution in [2.75, 3.05) is 5.32 Å². The summed E-state index contributed by atoms with van der Waals surface area (Å²) in [7, 11) is -1.09. The molecule has 1 atom stereocenters. The van der Waals surface area contributed by atoms with Crippen LogP contribution >= 0.6 is 23.2 Å². The predicted octanol–water partition coefficient (Wildman–Crippen LogP) is 6.29. The number of anilines is 1. The molecule has 2 aromatic carbocycles. The van der Waals surface area contributed by atoms with Crippen LogP contribution in [0.5, 0.6) is 0 Å². The van der Waals surface area contributed by atoms with E-state index in [9.17, 15) is 9.82 Å². The summed E-state index contributed by atoms with van der Waals surface area (Å²) in [6.07, 6.45) is 0. The number of nitrogens with one attached hydrogen (secondary N) is 1. The smallest absolute Gasteiger partial charge is 0.460 e. The molecule has 0 bridgehead atoms. The second-order valence-corrected chi connectivity index (χ2v) is 10.6. The molecule has 4 aromatic rings. The van der Waals surface area contributed by atoms with E-state index in [1.54, 1.807) is 6.07 Å². The fourth-order valence-corrected chi connectivity index (χ4v) is 5.50. The van der Waals surface area contributed by atoms with Crippen molar-refractivity contribution in [3.63, 3.8) is 0 Å². The minimum atomic E-state index is -1.09. The summed E-state index contributed by atoms with van der Waals surface area (Å²) in [6, 6.07) is 10.9. The lowest BCUT2D eigenvalue weighted by molar-refractivity contribution is 0.275. The molecule has 5 rings (SSSR count). The van der Waals surface area contributed by atoms with E-state index in [0.717, 1.165) is 16.7 Å². The molecule has 1 aliphatic rings. The standard InChI is InChI=1S/C28H27BCl2N2O4/c1-13(2)27-15(4)26(34)20-11-14(3)10-19(28(20)37-27)16(5)32-21-8-9-22(30)33-25(21)18-7-6-17-12-36-29(35)23(17)24(18)31/h6-11,13,16,32,35H,12H2,1-5H3. The molecule has 0 saturated heterocycles. The van der Waals surface area contributed by atoms with Crippen LogP contribution < -0.4 is 16.2 Å². The summed E-state index contributed by atoms with van der Waals surface area (Å²) in [5, 5.41) is 15.1. The number of hydrogen-bond donors (Lipinski definition) is 2. The maximum Gasteiger partial charge on any atom is 0.493 e. The van der Waals surface area contributed by atoms with Gasteiger partial charge in [0.05, 0.1) is 34.4 Å². The number of aryl methyl sites for hydroxylation is 1. The fraction of sp³-hybridized carbons (Fsp3) is 0.286. The van der Waals surface area contributed by atoms with Gasteiger partial charge in [-0.25, -0.2) is 4.98 Å². The van der Waals surface area contributed by atoms with E-state index in [1.165, 1.54) is 0 Å². The highest BCUT2D eigenvalue weighted by molar-refractivity contribution is 6.65. The molecule has 190 valence electrons. The number of rotatable bonds is 5. The van der Waals surface area contributed by atoms with Crippen LogP contribution in [-0.2, 0) is 11.3 Å². The molecule has 37 heavy (non-hydrogen) atoms. The molecule has 0 aliphatic carbocycles. The molecule has 0 fully saturated rings. The summed E-state index contributed by atoms with van der Waals surface area (Å²) in [4.78, 5) is 17.8. The summed E-state index contributed by atoms with van der Waals surface area (Å²) in [6.45, 7) is 10.1. The van der Waals surface area contributed by atoms with Gasteiger partial charge in [-0.05, 0) is 50.1 Å². The first-order valence-electron chi connectivity index (χ1n) is 12.2. The normalized spacial score (nSPS) is 13.9. The zero-order valence-electron chi connectivity index (χ0n) is 21.3. The van der Waals surface area contributed by atoms with Gasteiger partial charge in [0.1, 0.15) is 16.5 Å². The summed E-state index contributed by atoms with van der Waals surface area (Å²) in [5.41, 5.74) is 6.27. The number of benzene rings is 2. The Morgan fingerprint density at radius 3 is 2.59 bits per heavy atom. The van der Waals surface area contributed by atoms with Crippen LogP contribution in [0, 0.1) is 13.8 Å². The number of hydrogen-bond acceptors (Lipinski definition) is 6. The van der Waals surface area contributed by atoms with Gasteiger partial charge in [0, 0.05) is 28.1 Å². The minimum Gasteiger partial charge on any atom is -0.460 e. The Labute approximate surface area is 225 Å². The third-order valence-corrected chi connectivity index (χ3v) is 7.44. The molecule has 2 N–H and O–H groups in total. The molecule has 0 spiro atoms. The Balaban J connectivity index is 1.62. The lowest BCUT2D eigenvalue weighted by Crippen LogP contribution is -2.29. The second kappa shape index (κ2) is 9.80. The van der Waals surface area contributed by atoms with Gasteiger partial charge in [0.25, 0.3) is 0 Å². The number of aromatic nitrogens is 1. The Bertz CT molecular complexity index is 1600. The van der Waals surface area contributed by atoms with Crippen molar-refractivity contribution in [1.82, 2.24) is 4.98 Å². The van der Waals surface area contributed by atoms with Crippen molar-refractivity contribution < 1.29 is 14.1 Å². The first kappa shape index (κ1) is 25.8. The van der Waals surface area contributed by atoms with E-state index in [4.69, 9.17) is 32.3 Å². The molecular weight excluding hydrogens is 510 g/mol. The number of nitrogens with zero attached hydrogens (tertiary/aromatic N) is 1. The van der Waals surface area contributed by atoms with Gasteiger partial charge in [-0.2, -0.15) is 0 Å². The maximum atomic E-state index is 13.2. The Hall–Kier alpha value is -2.84. The van der Waals surface area contributed by atoms with Crippen LogP contribution in [0.25, 0.3) is 22.2 Å². The molecule has 9 heteroatoms. The average molecular weight is 537 g/mol. The van der Waals surface area contributed by atoms with Crippen molar-refractivity contribution in [1.29, 1.82) is 0 Å². The third-order valence-electron chi connectivity index (χ3n) is 6.82. The first-order valence-corrected chi connectivity index (χ1v) is 12.9. The van der Waals surface area contributed by atoms with Crippen molar-refractivity contribution in [3.8, 4) is 11.3 Å². The number of fused-ring (bicyclic) bond motifs is 2. The van der Waals surface area contributed by atoms with Crippen LogP contribution in [0.3, 0.4) is 0 Å². The lowest BCUT2D eigenvalue weighted by atomic mass is 9.78.